The van der Waals surface area contributed by atoms with Gasteiger partial charge in [0.15, 0.2) is 0 Å². The van der Waals surface area contributed by atoms with E-state index in [2.05, 4.69) is 15.5 Å². The van der Waals surface area contributed by atoms with Gasteiger partial charge in [0.1, 0.15) is 0 Å². The van der Waals surface area contributed by atoms with Crippen LogP contribution in [-0.4, -0.2) is 66.9 Å². The summed E-state index contributed by atoms with van der Waals surface area (Å²) in [6.07, 6.45) is 4.38. The Kier molecular flexibility index (Phi) is 7.59. The summed E-state index contributed by atoms with van der Waals surface area (Å²) in [6.45, 7) is 6.83. The molecule has 2 aliphatic rings. The molecule has 0 aromatic rings. The third-order valence-electron chi connectivity index (χ3n) is 3.69. The molecule has 124 valence electrons. The normalized spacial score (nSPS) is 19.0. The van der Waals surface area contributed by atoms with E-state index in [9.17, 15) is 14.4 Å². The number of likely N-dealkylation sites (tertiary alicyclic amines) is 1. The Bertz CT molecular complexity index is 411. The van der Waals surface area contributed by atoms with Crippen LogP contribution >= 0.6 is 0 Å². The van der Waals surface area contributed by atoms with Crippen molar-refractivity contribution in [3.8, 4) is 0 Å². The average molecular weight is 310 g/mol. The Morgan fingerprint density at radius 3 is 2.18 bits per heavy atom. The number of carbonyl (C=O) groups excluding carboxylic acids is 3. The molecule has 2 N–H and O–H groups in total. The molecule has 1 fully saturated rings. The Labute approximate surface area is 131 Å². The maximum atomic E-state index is 11.4. The molecule has 4 amide bonds. The minimum atomic E-state index is -0.230. The van der Waals surface area contributed by atoms with Crippen molar-refractivity contribution in [1.82, 2.24) is 20.4 Å². The second kappa shape index (κ2) is 9.19. The molecule has 0 bridgehead atoms. The zero-order valence-electron chi connectivity index (χ0n) is 13.6. The Hall–Kier alpha value is -1.89. The van der Waals surface area contributed by atoms with Crippen molar-refractivity contribution < 1.29 is 14.4 Å². The van der Waals surface area contributed by atoms with Crippen molar-refractivity contribution in [2.45, 2.75) is 32.7 Å². The number of nitrogens with one attached hydrogen (secondary N) is 2. The van der Waals surface area contributed by atoms with Gasteiger partial charge in [0.2, 0.25) is 0 Å². The molecule has 2 rings (SSSR count). The summed E-state index contributed by atoms with van der Waals surface area (Å²) in [5.74, 6) is -0.461. The number of imide groups is 1. The monoisotopic (exact) mass is 310 g/mol. The van der Waals surface area contributed by atoms with Crippen molar-refractivity contribution in [2.24, 2.45) is 0 Å². The van der Waals surface area contributed by atoms with Crippen LogP contribution < -0.4 is 10.6 Å². The quantitative estimate of drug-likeness (QED) is 0.733. The predicted molar refractivity (Wildman–Crippen MR) is 84.3 cm³/mol. The summed E-state index contributed by atoms with van der Waals surface area (Å²) in [7, 11) is 1.60. The predicted octanol–water partition coefficient (Wildman–Crippen LogP) is 0.331. The second-order valence-corrected chi connectivity index (χ2v) is 5.00. The van der Waals surface area contributed by atoms with E-state index in [0.717, 1.165) is 25.9 Å². The van der Waals surface area contributed by atoms with Gasteiger partial charge in [-0.2, -0.15) is 0 Å². The molecule has 0 saturated carbocycles. The van der Waals surface area contributed by atoms with Crippen LogP contribution in [0.1, 0.15) is 26.7 Å². The molecule has 0 aliphatic carbocycles. The first-order chi connectivity index (χ1) is 10.6. The van der Waals surface area contributed by atoms with Crippen LogP contribution in [-0.2, 0) is 9.59 Å². The van der Waals surface area contributed by atoms with Crippen LogP contribution in [0.25, 0.3) is 0 Å². The fraction of sp³-hybridized carbons (Fsp3) is 0.667. The third kappa shape index (κ3) is 5.14. The van der Waals surface area contributed by atoms with Crippen molar-refractivity contribution in [3.63, 3.8) is 0 Å². The van der Waals surface area contributed by atoms with Crippen LogP contribution in [0.15, 0.2) is 12.2 Å². The number of hydrogen-bond donors (Lipinski definition) is 2. The van der Waals surface area contributed by atoms with Gasteiger partial charge >= 0.3 is 6.03 Å². The largest absolute Gasteiger partial charge is 0.341 e. The minimum absolute atomic E-state index is 0.150. The van der Waals surface area contributed by atoms with Crippen LogP contribution in [0.2, 0.25) is 0 Å². The van der Waals surface area contributed by atoms with Gasteiger partial charge in [0.25, 0.3) is 11.8 Å². The van der Waals surface area contributed by atoms with Crippen molar-refractivity contribution in [1.29, 1.82) is 0 Å². The molecule has 1 saturated heterocycles. The van der Waals surface area contributed by atoms with Crippen molar-refractivity contribution in [3.05, 3.63) is 12.2 Å². The summed E-state index contributed by atoms with van der Waals surface area (Å²) < 4.78 is 0. The summed E-state index contributed by atoms with van der Waals surface area (Å²) in [5, 5.41) is 5.44. The zero-order chi connectivity index (χ0) is 16.5. The van der Waals surface area contributed by atoms with Crippen LogP contribution in [0.3, 0.4) is 0 Å². The lowest BCUT2D eigenvalue weighted by molar-refractivity contribution is -0.137. The van der Waals surface area contributed by atoms with Gasteiger partial charge in [0, 0.05) is 51.4 Å². The molecule has 2 heterocycles. The maximum Gasteiger partial charge on any atom is 0.314 e. The van der Waals surface area contributed by atoms with Crippen molar-refractivity contribution in [2.75, 3.05) is 33.2 Å². The van der Waals surface area contributed by atoms with Crippen LogP contribution in [0, 0.1) is 0 Å². The highest BCUT2D eigenvalue weighted by Crippen LogP contribution is 2.11. The van der Waals surface area contributed by atoms with E-state index in [1.54, 1.807) is 7.05 Å². The lowest BCUT2D eigenvalue weighted by atomic mass is 10.1. The molecule has 0 aromatic heterocycles. The minimum Gasteiger partial charge on any atom is -0.341 e. The van der Waals surface area contributed by atoms with Gasteiger partial charge < -0.3 is 15.5 Å². The van der Waals surface area contributed by atoms with E-state index >= 15 is 0 Å². The Balaban J connectivity index is 0.00000116. The first-order valence-electron chi connectivity index (χ1n) is 7.84. The fourth-order valence-corrected chi connectivity index (χ4v) is 2.45. The number of carbonyl (C=O) groups is 3. The molecular weight excluding hydrogens is 284 g/mol. The smallest absolute Gasteiger partial charge is 0.314 e. The molecule has 0 aromatic carbocycles. The lowest BCUT2D eigenvalue weighted by Gasteiger charge is -2.32. The number of nitrogens with zero attached hydrogens (tertiary/aromatic N) is 2. The van der Waals surface area contributed by atoms with Gasteiger partial charge in [-0.05, 0) is 12.8 Å². The van der Waals surface area contributed by atoms with Gasteiger partial charge in [-0.3, -0.25) is 14.5 Å². The molecular formula is C15H26N4O3. The van der Waals surface area contributed by atoms with Gasteiger partial charge in [-0.15, -0.1) is 0 Å². The van der Waals surface area contributed by atoms with Gasteiger partial charge in [-0.25, -0.2) is 4.79 Å². The summed E-state index contributed by atoms with van der Waals surface area (Å²) in [5.41, 5.74) is 0. The van der Waals surface area contributed by atoms with Gasteiger partial charge in [-0.1, -0.05) is 13.8 Å². The van der Waals surface area contributed by atoms with E-state index in [0.29, 0.717) is 13.1 Å². The topological polar surface area (TPSA) is 81.8 Å². The summed E-state index contributed by atoms with van der Waals surface area (Å²) >= 11 is 0. The maximum absolute atomic E-state index is 11.4. The SMILES string of the molecule is CC.CNC(=O)NC1CCN(CCN2C(=O)C=CC2=O)CC1. The molecule has 2 aliphatic heterocycles. The molecule has 0 spiro atoms. The van der Waals surface area contributed by atoms with Crippen LogP contribution in [0.5, 0.6) is 0 Å². The first kappa shape index (κ1) is 18.2. The summed E-state index contributed by atoms with van der Waals surface area (Å²) in [4.78, 5) is 37.5. The molecule has 0 unspecified atom stereocenters. The first-order valence-corrected chi connectivity index (χ1v) is 7.84. The molecule has 7 heteroatoms. The summed E-state index contributed by atoms with van der Waals surface area (Å²) in [6, 6.07) is 0.0469. The highest BCUT2D eigenvalue weighted by Gasteiger charge is 2.25. The van der Waals surface area contributed by atoms with E-state index in [1.807, 2.05) is 13.8 Å². The molecule has 7 nitrogen and oxygen atoms in total. The average Bonchev–Trinajstić information content (AvgIpc) is 2.87. The highest BCUT2D eigenvalue weighted by atomic mass is 16.2. The molecule has 0 radical (unpaired) electrons. The number of piperidine rings is 1. The van der Waals surface area contributed by atoms with E-state index in [4.69, 9.17) is 0 Å². The van der Waals surface area contributed by atoms with Crippen LogP contribution in [0.4, 0.5) is 4.79 Å². The molecule has 22 heavy (non-hydrogen) atoms. The van der Waals surface area contributed by atoms with Gasteiger partial charge in [0.05, 0.1) is 0 Å². The highest BCUT2D eigenvalue weighted by molar-refractivity contribution is 6.12. The number of rotatable bonds is 4. The van der Waals surface area contributed by atoms with E-state index in [1.165, 1.54) is 17.1 Å². The number of urea groups is 1. The standard InChI is InChI=1S/C13H20N4O3.C2H6/c1-14-13(20)15-10-4-6-16(7-5-10)8-9-17-11(18)2-3-12(17)19;1-2/h2-3,10H,4-9H2,1H3,(H2,14,15,20);1-2H3. The van der Waals surface area contributed by atoms with E-state index < -0.39 is 0 Å². The third-order valence-corrected chi connectivity index (χ3v) is 3.69. The Morgan fingerprint density at radius 1 is 1.14 bits per heavy atom. The number of amides is 4. The zero-order valence-corrected chi connectivity index (χ0v) is 13.6. The fourth-order valence-electron chi connectivity index (χ4n) is 2.45. The Morgan fingerprint density at radius 2 is 1.68 bits per heavy atom. The lowest BCUT2D eigenvalue weighted by Crippen LogP contribution is -2.48. The second-order valence-electron chi connectivity index (χ2n) is 5.00. The number of hydrogen-bond acceptors (Lipinski definition) is 4. The van der Waals surface area contributed by atoms with Crippen molar-refractivity contribution >= 4 is 17.8 Å². The van der Waals surface area contributed by atoms with E-state index in [-0.39, 0.29) is 23.9 Å². The molecule has 0 atom stereocenters.